The quantitative estimate of drug-likeness (QED) is 0.800. The number of benzene rings is 2. The third-order valence-electron chi connectivity index (χ3n) is 5.33. The van der Waals surface area contributed by atoms with E-state index in [9.17, 15) is 9.59 Å². The van der Waals surface area contributed by atoms with E-state index < -0.39 is 0 Å². The maximum Gasteiger partial charge on any atom is 0.224 e. The maximum atomic E-state index is 12.7. The molecular formula is C23H29N3O2. The van der Waals surface area contributed by atoms with Crippen LogP contribution in [-0.4, -0.2) is 49.4 Å². The molecule has 0 saturated carbocycles. The lowest BCUT2D eigenvalue weighted by atomic mass is 10.1. The highest BCUT2D eigenvalue weighted by molar-refractivity contribution is 5.93. The Labute approximate surface area is 167 Å². The molecule has 0 unspecified atom stereocenters. The minimum atomic E-state index is -0.0358. The Bertz CT molecular complexity index is 841. The van der Waals surface area contributed by atoms with Crippen LogP contribution in [0.4, 0.5) is 11.4 Å². The summed E-state index contributed by atoms with van der Waals surface area (Å²) in [6.45, 7) is 9.16. The van der Waals surface area contributed by atoms with Crippen molar-refractivity contribution in [2.75, 3.05) is 42.5 Å². The van der Waals surface area contributed by atoms with Crippen molar-refractivity contribution in [1.29, 1.82) is 0 Å². The third kappa shape index (κ3) is 4.71. The van der Waals surface area contributed by atoms with Crippen molar-refractivity contribution in [3.63, 3.8) is 0 Å². The standard InChI is InChI=1S/C23H29N3O2/c1-18-7-6-9-21(17-18)24-13-15-25(16-14-24)23(28)11-12-26(20(3)27)22-10-5-4-8-19(22)2/h4-10,17H,11-16H2,1-3H3. The molecule has 3 rings (SSSR count). The van der Waals surface area contributed by atoms with Crippen LogP contribution in [0.25, 0.3) is 0 Å². The molecule has 1 saturated heterocycles. The first kappa shape index (κ1) is 19.9. The number of para-hydroxylation sites is 1. The van der Waals surface area contributed by atoms with E-state index in [-0.39, 0.29) is 11.8 Å². The van der Waals surface area contributed by atoms with E-state index in [1.807, 2.05) is 36.1 Å². The summed E-state index contributed by atoms with van der Waals surface area (Å²) in [6, 6.07) is 16.3. The van der Waals surface area contributed by atoms with Crippen LogP contribution in [0.3, 0.4) is 0 Å². The normalized spacial score (nSPS) is 14.1. The summed E-state index contributed by atoms with van der Waals surface area (Å²) in [5.74, 6) is 0.0788. The largest absolute Gasteiger partial charge is 0.368 e. The monoisotopic (exact) mass is 379 g/mol. The fraction of sp³-hybridized carbons (Fsp3) is 0.391. The summed E-state index contributed by atoms with van der Waals surface area (Å²) in [6.07, 6.45) is 0.346. The van der Waals surface area contributed by atoms with Crippen molar-refractivity contribution in [3.05, 3.63) is 59.7 Å². The van der Waals surface area contributed by atoms with Gasteiger partial charge in [-0.3, -0.25) is 9.59 Å². The van der Waals surface area contributed by atoms with Crippen LogP contribution in [0.2, 0.25) is 0 Å². The van der Waals surface area contributed by atoms with Crippen molar-refractivity contribution < 1.29 is 9.59 Å². The van der Waals surface area contributed by atoms with E-state index in [0.29, 0.717) is 13.0 Å². The molecule has 0 aliphatic carbocycles. The van der Waals surface area contributed by atoms with Gasteiger partial charge in [-0.15, -0.1) is 0 Å². The molecule has 0 radical (unpaired) electrons. The molecule has 0 atom stereocenters. The van der Waals surface area contributed by atoms with Gasteiger partial charge < -0.3 is 14.7 Å². The number of aryl methyl sites for hydroxylation is 2. The number of rotatable bonds is 5. The number of carbonyl (C=O) groups excluding carboxylic acids is 2. The van der Waals surface area contributed by atoms with Crippen LogP contribution in [0, 0.1) is 13.8 Å². The number of carbonyl (C=O) groups is 2. The Kier molecular flexibility index (Phi) is 6.34. The predicted molar refractivity (Wildman–Crippen MR) is 114 cm³/mol. The third-order valence-corrected chi connectivity index (χ3v) is 5.33. The topological polar surface area (TPSA) is 43.9 Å². The molecule has 0 N–H and O–H groups in total. The van der Waals surface area contributed by atoms with Gasteiger partial charge in [-0.05, 0) is 43.2 Å². The average Bonchev–Trinajstić information content (AvgIpc) is 2.69. The molecule has 1 fully saturated rings. The fourth-order valence-electron chi connectivity index (χ4n) is 3.72. The van der Waals surface area contributed by atoms with E-state index in [0.717, 1.165) is 37.4 Å². The zero-order valence-corrected chi connectivity index (χ0v) is 17.0. The zero-order valence-electron chi connectivity index (χ0n) is 17.0. The number of anilines is 2. The Hall–Kier alpha value is -2.82. The highest BCUT2D eigenvalue weighted by Gasteiger charge is 2.23. The molecule has 0 spiro atoms. The van der Waals surface area contributed by atoms with Gasteiger partial charge in [-0.1, -0.05) is 30.3 Å². The van der Waals surface area contributed by atoms with Crippen molar-refractivity contribution >= 4 is 23.2 Å². The molecule has 0 bridgehead atoms. The van der Waals surface area contributed by atoms with Crippen LogP contribution in [0.1, 0.15) is 24.5 Å². The Morgan fingerprint density at radius 3 is 2.32 bits per heavy atom. The first-order valence-corrected chi connectivity index (χ1v) is 9.89. The van der Waals surface area contributed by atoms with Gasteiger partial charge in [-0.2, -0.15) is 0 Å². The van der Waals surface area contributed by atoms with Gasteiger partial charge in [0.05, 0.1) is 0 Å². The summed E-state index contributed by atoms with van der Waals surface area (Å²) < 4.78 is 0. The second-order valence-corrected chi connectivity index (χ2v) is 7.41. The van der Waals surface area contributed by atoms with Crippen LogP contribution in [-0.2, 0) is 9.59 Å². The highest BCUT2D eigenvalue weighted by Crippen LogP contribution is 2.21. The lowest BCUT2D eigenvalue weighted by Crippen LogP contribution is -2.49. The van der Waals surface area contributed by atoms with Gasteiger partial charge in [0.25, 0.3) is 0 Å². The molecule has 2 aromatic rings. The summed E-state index contributed by atoms with van der Waals surface area (Å²) in [5.41, 5.74) is 4.38. The van der Waals surface area contributed by atoms with Crippen LogP contribution < -0.4 is 9.80 Å². The van der Waals surface area contributed by atoms with Crippen LogP contribution >= 0.6 is 0 Å². The Balaban J connectivity index is 1.55. The number of nitrogens with zero attached hydrogens (tertiary/aromatic N) is 3. The molecule has 1 aliphatic heterocycles. The molecule has 2 amide bonds. The second-order valence-electron chi connectivity index (χ2n) is 7.41. The molecule has 0 aromatic heterocycles. The Morgan fingerprint density at radius 1 is 0.964 bits per heavy atom. The summed E-state index contributed by atoms with van der Waals surface area (Å²) in [4.78, 5) is 30.8. The smallest absolute Gasteiger partial charge is 0.224 e. The van der Waals surface area contributed by atoms with Crippen molar-refractivity contribution in [2.24, 2.45) is 0 Å². The van der Waals surface area contributed by atoms with Crippen molar-refractivity contribution in [3.8, 4) is 0 Å². The molecule has 5 heteroatoms. The lowest BCUT2D eigenvalue weighted by molar-refractivity contribution is -0.131. The first-order chi connectivity index (χ1) is 13.5. The minimum Gasteiger partial charge on any atom is -0.368 e. The average molecular weight is 380 g/mol. The molecule has 2 aromatic carbocycles. The van der Waals surface area contributed by atoms with Crippen molar-refractivity contribution in [2.45, 2.75) is 27.2 Å². The number of amides is 2. The predicted octanol–water partition coefficient (Wildman–Crippen LogP) is 3.40. The van der Waals surface area contributed by atoms with Gasteiger partial charge in [0.1, 0.15) is 0 Å². The molecule has 1 heterocycles. The van der Waals surface area contributed by atoms with Gasteiger partial charge in [-0.25, -0.2) is 0 Å². The zero-order chi connectivity index (χ0) is 20.1. The van der Waals surface area contributed by atoms with E-state index in [2.05, 4.69) is 36.1 Å². The second kappa shape index (κ2) is 8.91. The van der Waals surface area contributed by atoms with Gasteiger partial charge >= 0.3 is 0 Å². The van der Waals surface area contributed by atoms with Crippen LogP contribution in [0.15, 0.2) is 48.5 Å². The van der Waals surface area contributed by atoms with Gasteiger partial charge in [0.15, 0.2) is 0 Å². The number of piperazine rings is 1. The number of hydrogen-bond donors (Lipinski definition) is 0. The van der Waals surface area contributed by atoms with E-state index in [4.69, 9.17) is 0 Å². The molecule has 5 nitrogen and oxygen atoms in total. The lowest BCUT2D eigenvalue weighted by Gasteiger charge is -2.36. The highest BCUT2D eigenvalue weighted by atomic mass is 16.2. The SMILES string of the molecule is CC(=O)N(CCC(=O)N1CCN(c2cccc(C)c2)CC1)c1ccccc1C. The van der Waals surface area contributed by atoms with Gasteiger partial charge in [0.2, 0.25) is 11.8 Å². The van der Waals surface area contributed by atoms with Gasteiger partial charge in [0, 0.05) is 57.4 Å². The van der Waals surface area contributed by atoms with E-state index in [1.165, 1.54) is 11.3 Å². The minimum absolute atomic E-state index is 0.0358. The molecule has 1 aliphatic rings. The van der Waals surface area contributed by atoms with E-state index in [1.54, 1.807) is 11.8 Å². The summed E-state index contributed by atoms with van der Waals surface area (Å²) in [5, 5.41) is 0. The molecule has 148 valence electrons. The summed E-state index contributed by atoms with van der Waals surface area (Å²) in [7, 11) is 0. The van der Waals surface area contributed by atoms with Crippen molar-refractivity contribution in [1.82, 2.24) is 4.90 Å². The maximum absolute atomic E-state index is 12.7. The van der Waals surface area contributed by atoms with E-state index >= 15 is 0 Å². The fourth-order valence-corrected chi connectivity index (χ4v) is 3.72. The Morgan fingerprint density at radius 2 is 1.68 bits per heavy atom. The number of hydrogen-bond acceptors (Lipinski definition) is 3. The summed E-state index contributed by atoms with van der Waals surface area (Å²) >= 11 is 0. The first-order valence-electron chi connectivity index (χ1n) is 9.89. The molecule has 28 heavy (non-hydrogen) atoms. The van der Waals surface area contributed by atoms with Crippen LogP contribution in [0.5, 0.6) is 0 Å². The molecular weight excluding hydrogens is 350 g/mol.